The summed E-state index contributed by atoms with van der Waals surface area (Å²) in [6.45, 7) is 15.2. The van der Waals surface area contributed by atoms with Crippen LogP contribution < -0.4 is 5.32 Å². The number of carbonyl (C=O) groups is 1. The molecule has 0 saturated carbocycles. The van der Waals surface area contributed by atoms with Crippen molar-refractivity contribution in [3.63, 3.8) is 0 Å². The summed E-state index contributed by atoms with van der Waals surface area (Å²) >= 11 is 0. The van der Waals surface area contributed by atoms with Crippen molar-refractivity contribution in [3.8, 4) is 0 Å². The number of nitrogens with one attached hydrogen (secondary N) is 1. The van der Waals surface area contributed by atoms with Gasteiger partial charge in [0, 0.05) is 65.3 Å². The third kappa shape index (κ3) is 8.31. The van der Waals surface area contributed by atoms with Gasteiger partial charge in [0.2, 0.25) is 0 Å². The predicted molar refractivity (Wildman–Crippen MR) is 142 cm³/mol. The van der Waals surface area contributed by atoms with Crippen LogP contribution in [0.3, 0.4) is 0 Å². The first-order chi connectivity index (χ1) is 15.3. The van der Waals surface area contributed by atoms with E-state index in [1.165, 1.54) is 0 Å². The van der Waals surface area contributed by atoms with E-state index in [4.69, 9.17) is 4.74 Å². The first-order valence-corrected chi connectivity index (χ1v) is 11.9. The lowest BCUT2D eigenvalue weighted by Crippen LogP contribution is -2.51. The van der Waals surface area contributed by atoms with Crippen molar-refractivity contribution in [2.24, 2.45) is 10.9 Å². The van der Waals surface area contributed by atoms with E-state index < -0.39 is 5.60 Å². The topological polar surface area (TPSA) is 78.2 Å². The van der Waals surface area contributed by atoms with E-state index in [2.05, 4.69) is 42.8 Å². The van der Waals surface area contributed by atoms with Gasteiger partial charge in [-0.2, -0.15) is 0 Å². The number of aromatic nitrogens is 2. The van der Waals surface area contributed by atoms with Gasteiger partial charge < -0.3 is 24.4 Å². The van der Waals surface area contributed by atoms with Crippen LogP contribution in [0.4, 0.5) is 4.79 Å². The maximum Gasteiger partial charge on any atom is 0.410 e. The zero-order valence-corrected chi connectivity index (χ0v) is 23.2. The second-order valence-electron chi connectivity index (χ2n) is 9.93. The van der Waals surface area contributed by atoms with Crippen molar-refractivity contribution >= 4 is 36.0 Å². The zero-order valence-electron chi connectivity index (χ0n) is 20.9. The highest BCUT2D eigenvalue weighted by atomic mass is 127. The van der Waals surface area contributed by atoms with Crippen molar-refractivity contribution in [1.29, 1.82) is 0 Å². The van der Waals surface area contributed by atoms with E-state index in [1.54, 1.807) is 0 Å². The standard InChI is InChI=1S/C23H41N7O2.HI/c1-19-7-11-29(17-20(19)30-12-9-25-18-30)21(24-5)26-8-6-10-27-13-15-28(16-14-27)22(31)32-23(2,3)4;/h9,12,18-20H,6-8,10-11,13-17H2,1-5H3,(H,24,26);1H. The molecule has 1 aromatic rings. The quantitative estimate of drug-likeness (QED) is 0.252. The number of guanidine groups is 1. The molecule has 2 unspecified atom stereocenters. The number of carbonyl (C=O) groups excluding carboxylic acids is 1. The lowest BCUT2D eigenvalue weighted by Gasteiger charge is -2.39. The van der Waals surface area contributed by atoms with Crippen LogP contribution in [0.5, 0.6) is 0 Å². The Balaban J connectivity index is 0.00000385. The molecule has 33 heavy (non-hydrogen) atoms. The van der Waals surface area contributed by atoms with E-state index in [0.717, 1.165) is 71.2 Å². The number of hydrogen-bond donors (Lipinski definition) is 1. The number of amides is 1. The largest absolute Gasteiger partial charge is 0.444 e. The summed E-state index contributed by atoms with van der Waals surface area (Å²) in [6.07, 6.45) is 7.82. The Bertz CT molecular complexity index is 742. The molecule has 3 heterocycles. The molecule has 2 aliphatic rings. The number of imidazole rings is 1. The highest BCUT2D eigenvalue weighted by Crippen LogP contribution is 2.27. The molecule has 0 radical (unpaired) electrons. The number of likely N-dealkylation sites (tertiary alicyclic amines) is 1. The molecule has 0 aromatic carbocycles. The van der Waals surface area contributed by atoms with Gasteiger partial charge in [-0.3, -0.25) is 9.89 Å². The second-order valence-corrected chi connectivity index (χ2v) is 9.93. The van der Waals surface area contributed by atoms with Gasteiger partial charge in [0.15, 0.2) is 5.96 Å². The predicted octanol–water partition coefficient (Wildman–Crippen LogP) is 2.90. The van der Waals surface area contributed by atoms with Crippen LogP contribution in [-0.4, -0.2) is 101 Å². The maximum atomic E-state index is 12.2. The number of rotatable bonds is 5. The zero-order chi connectivity index (χ0) is 23.1. The fraction of sp³-hybridized carbons (Fsp3) is 0.783. The molecule has 3 rings (SSSR count). The third-order valence-electron chi connectivity index (χ3n) is 6.30. The van der Waals surface area contributed by atoms with Gasteiger partial charge in [-0.25, -0.2) is 9.78 Å². The minimum Gasteiger partial charge on any atom is -0.444 e. The summed E-state index contributed by atoms with van der Waals surface area (Å²) in [5, 5.41) is 3.55. The maximum absolute atomic E-state index is 12.2. The Morgan fingerprint density at radius 2 is 1.91 bits per heavy atom. The van der Waals surface area contributed by atoms with Crippen molar-refractivity contribution in [3.05, 3.63) is 18.7 Å². The van der Waals surface area contributed by atoms with Gasteiger partial charge in [0.25, 0.3) is 0 Å². The lowest BCUT2D eigenvalue weighted by atomic mass is 9.93. The van der Waals surface area contributed by atoms with Gasteiger partial charge in [0.1, 0.15) is 5.60 Å². The van der Waals surface area contributed by atoms with Crippen molar-refractivity contribution in [1.82, 2.24) is 29.6 Å². The van der Waals surface area contributed by atoms with Crippen LogP contribution >= 0.6 is 24.0 Å². The van der Waals surface area contributed by atoms with Crippen molar-refractivity contribution in [2.75, 3.05) is 59.4 Å². The van der Waals surface area contributed by atoms with Crippen LogP contribution in [0.1, 0.15) is 46.6 Å². The van der Waals surface area contributed by atoms with Gasteiger partial charge in [-0.15, -0.1) is 24.0 Å². The van der Waals surface area contributed by atoms with Crippen LogP contribution in [-0.2, 0) is 4.74 Å². The summed E-state index contributed by atoms with van der Waals surface area (Å²) in [4.78, 5) is 27.6. The number of piperidine rings is 1. The first-order valence-electron chi connectivity index (χ1n) is 11.9. The first kappa shape index (κ1) is 27.7. The summed E-state index contributed by atoms with van der Waals surface area (Å²) < 4.78 is 7.70. The average Bonchev–Trinajstić information content (AvgIpc) is 3.28. The molecule has 2 fully saturated rings. The molecule has 10 heteroatoms. The summed E-state index contributed by atoms with van der Waals surface area (Å²) in [5.41, 5.74) is -0.441. The van der Waals surface area contributed by atoms with Crippen LogP contribution in [0.2, 0.25) is 0 Å². The normalized spacial score (nSPS) is 22.6. The molecule has 2 atom stereocenters. The van der Waals surface area contributed by atoms with Gasteiger partial charge in [-0.1, -0.05) is 6.92 Å². The van der Waals surface area contributed by atoms with E-state index in [-0.39, 0.29) is 30.1 Å². The fourth-order valence-corrected chi connectivity index (χ4v) is 4.41. The average molecular weight is 576 g/mol. The minimum atomic E-state index is -0.441. The number of piperazine rings is 1. The van der Waals surface area contributed by atoms with Crippen molar-refractivity contribution < 1.29 is 9.53 Å². The molecule has 188 valence electrons. The summed E-state index contributed by atoms with van der Waals surface area (Å²) in [7, 11) is 1.86. The van der Waals surface area contributed by atoms with Gasteiger partial charge in [-0.05, 0) is 46.1 Å². The van der Waals surface area contributed by atoms with Gasteiger partial charge in [0.05, 0.1) is 12.4 Å². The van der Waals surface area contributed by atoms with E-state index >= 15 is 0 Å². The van der Waals surface area contributed by atoms with E-state index in [0.29, 0.717) is 12.0 Å². The van der Waals surface area contributed by atoms with Crippen molar-refractivity contribution in [2.45, 2.75) is 52.2 Å². The smallest absolute Gasteiger partial charge is 0.410 e. The molecule has 0 bridgehead atoms. The number of hydrogen-bond acceptors (Lipinski definition) is 5. The lowest BCUT2D eigenvalue weighted by molar-refractivity contribution is 0.0145. The Hall–Kier alpha value is -1.56. The molecular weight excluding hydrogens is 533 g/mol. The van der Waals surface area contributed by atoms with Crippen LogP contribution in [0.15, 0.2) is 23.7 Å². The molecule has 0 aliphatic carbocycles. The molecular formula is C23H42IN7O2. The van der Waals surface area contributed by atoms with E-state index in [1.807, 2.05) is 45.2 Å². The van der Waals surface area contributed by atoms with E-state index in [9.17, 15) is 4.79 Å². The minimum absolute atomic E-state index is 0. The molecule has 1 amide bonds. The molecule has 0 spiro atoms. The molecule has 2 saturated heterocycles. The Labute approximate surface area is 216 Å². The number of nitrogens with zero attached hydrogens (tertiary/aromatic N) is 6. The highest BCUT2D eigenvalue weighted by molar-refractivity contribution is 14.0. The number of ether oxygens (including phenoxy) is 1. The Morgan fingerprint density at radius 1 is 1.18 bits per heavy atom. The summed E-state index contributed by atoms with van der Waals surface area (Å²) in [5.74, 6) is 1.61. The number of aliphatic imine (C=N–C) groups is 1. The highest BCUT2D eigenvalue weighted by Gasteiger charge is 2.29. The van der Waals surface area contributed by atoms with Crippen LogP contribution in [0, 0.1) is 5.92 Å². The summed E-state index contributed by atoms with van der Waals surface area (Å²) in [6, 6.07) is 0.422. The second kappa shape index (κ2) is 12.8. The SMILES string of the molecule is CN=C(NCCCN1CCN(C(=O)OC(C)(C)C)CC1)N1CCC(C)C(n2ccnc2)C1.I. The molecule has 9 nitrogen and oxygen atoms in total. The third-order valence-corrected chi connectivity index (χ3v) is 6.30. The van der Waals surface area contributed by atoms with Gasteiger partial charge >= 0.3 is 6.09 Å². The fourth-order valence-electron chi connectivity index (χ4n) is 4.41. The van der Waals surface area contributed by atoms with Crippen LogP contribution in [0.25, 0.3) is 0 Å². The molecule has 2 aliphatic heterocycles. The monoisotopic (exact) mass is 575 g/mol. The number of halogens is 1. The Morgan fingerprint density at radius 3 is 2.52 bits per heavy atom. The molecule has 1 aromatic heterocycles. The molecule has 1 N–H and O–H groups in total. The Kier molecular flexibility index (Phi) is 10.7.